The first-order valence-electron chi connectivity index (χ1n) is 9.38. The summed E-state index contributed by atoms with van der Waals surface area (Å²) in [6.45, 7) is 3.68. The van der Waals surface area contributed by atoms with Gasteiger partial charge in [-0.05, 0) is 56.3 Å². The number of aryl methyl sites for hydroxylation is 1. The molecule has 1 heterocycles. The molecule has 0 radical (unpaired) electrons. The van der Waals surface area contributed by atoms with E-state index >= 15 is 0 Å². The average molecular weight is 410 g/mol. The number of ether oxygens (including phenoxy) is 2. The maximum absolute atomic E-state index is 12.4. The fraction of sp³-hybridized carbons (Fsp3) is 0.227. The minimum Gasteiger partial charge on any atom is -0.494 e. The van der Waals surface area contributed by atoms with Gasteiger partial charge in [-0.25, -0.2) is 4.79 Å². The number of esters is 1. The molecular weight excluding hydrogens is 388 g/mol. The molecule has 0 fully saturated rings. The van der Waals surface area contributed by atoms with E-state index in [0.717, 1.165) is 5.39 Å². The molecule has 0 spiro atoms. The van der Waals surface area contributed by atoms with Gasteiger partial charge in [-0.1, -0.05) is 0 Å². The van der Waals surface area contributed by atoms with E-state index < -0.39 is 18.5 Å². The lowest BCUT2D eigenvalue weighted by Crippen LogP contribution is -2.21. The van der Waals surface area contributed by atoms with Crippen LogP contribution < -0.4 is 15.4 Å². The summed E-state index contributed by atoms with van der Waals surface area (Å²) in [5.74, 6) is -0.747. The van der Waals surface area contributed by atoms with Gasteiger partial charge in [0.25, 0.3) is 11.8 Å². The Balaban J connectivity index is 1.61. The number of rotatable bonds is 7. The minimum atomic E-state index is -0.730. The third-order valence-corrected chi connectivity index (χ3v) is 4.40. The summed E-state index contributed by atoms with van der Waals surface area (Å²) in [6.07, 6.45) is 0. The molecule has 2 N–H and O–H groups in total. The summed E-state index contributed by atoms with van der Waals surface area (Å²) in [5.41, 5.74) is 2.09. The predicted molar refractivity (Wildman–Crippen MR) is 111 cm³/mol. The molecule has 0 aliphatic carbocycles. The number of nitrogens with one attached hydrogen (secondary N) is 2. The van der Waals surface area contributed by atoms with Gasteiger partial charge in [-0.3, -0.25) is 9.59 Å². The van der Waals surface area contributed by atoms with E-state index in [1.54, 1.807) is 49.4 Å². The monoisotopic (exact) mass is 410 g/mol. The van der Waals surface area contributed by atoms with Crippen LogP contribution >= 0.6 is 0 Å². The van der Waals surface area contributed by atoms with Crippen LogP contribution in [0.3, 0.4) is 0 Å². The number of carbonyl (C=O) groups excluding carboxylic acids is 3. The van der Waals surface area contributed by atoms with Crippen LogP contribution in [0.5, 0.6) is 5.75 Å². The van der Waals surface area contributed by atoms with Crippen molar-refractivity contribution in [3.8, 4) is 5.75 Å². The van der Waals surface area contributed by atoms with Crippen molar-refractivity contribution in [1.82, 2.24) is 5.32 Å². The number of furan rings is 1. The minimum absolute atomic E-state index is 0.0429. The number of fused-ring (bicyclic) bond motifs is 1. The Kier molecular flexibility index (Phi) is 6.36. The van der Waals surface area contributed by atoms with Gasteiger partial charge in [-0.2, -0.15) is 0 Å². The fourth-order valence-electron chi connectivity index (χ4n) is 2.89. The van der Waals surface area contributed by atoms with E-state index in [1.807, 2.05) is 6.92 Å². The van der Waals surface area contributed by atoms with Crippen LogP contribution in [-0.2, 0) is 9.53 Å². The Morgan fingerprint density at radius 2 is 1.80 bits per heavy atom. The van der Waals surface area contributed by atoms with Gasteiger partial charge in [0.2, 0.25) is 5.76 Å². The van der Waals surface area contributed by atoms with Crippen LogP contribution in [0.4, 0.5) is 5.69 Å². The molecule has 0 aliphatic heterocycles. The molecule has 30 heavy (non-hydrogen) atoms. The predicted octanol–water partition coefficient (Wildman–Crippen LogP) is 3.30. The van der Waals surface area contributed by atoms with Crippen molar-refractivity contribution in [2.75, 3.05) is 25.6 Å². The molecule has 156 valence electrons. The Morgan fingerprint density at radius 3 is 2.47 bits per heavy atom. The molecule has 2 amide bonds. The molecule has 3 aromatic rings. The van der Waals surface area contributed by atoms with Gasteiger partial charge < -0.3 is 24.5 Å². The second-order valence-electron chi connectivity index (χ2n) is 6.43. The lowest BCUT2D eigenvalue weighted by Gasteiger charge is -2.07. The van der Waals surface area contributed by atoms with Crippen molar-refractivity contribution in [2.24, 2.45) is 0 Å². The molecule has 1 aromatic heterocycles. The van der Waals surface area contributed by atoms with Crippen LogP contribution in [0.15, 0.2) is 46.9 Å². The number of hydrogen-bond acceptors (Lipinski definition) is 6. The zero-order valence-electron chi connectivity index (χ0n) is 16.9. The topological polar surface area (TPSA) is 107 Å². The molecule has 2 aromatic carbocycles. The van der Waals surface area contributed by atoms with Crippen molar-refractivity contribution in [2.45, 2.75) is 13.8 Å². The molecule has 0 saturated heterocycles. The second-order valence-corrected chi connectivity index (χ2v) is 6.43. The first kappa shape index (κ1) is 20.9. The first-order valence-corrected chi connectivity index (χ1v) is 9.38. The molecule has 0 unspecified atom stereocenters. The van der Waals surface area contributed by atoms with E-state index in [2.05, 4.69) is 10.6 Å². The fourth-order valence-corrected chi connectivity index (χ4v) is 2.89. The van der Waals surface area contributed by atoms with Crippen molar-refractivity contribution < 1.29 is 28.3 Å². The Morgan fingerprint density at radius 1 is 1.07 bits per heavy atom. The molecule has 0 aliphatic rings. The summed E-state index contributed by atoms with van der Waals surface area (Å²) in [7, 11) is 1.54. The SMILES string of the molecule is CCOc1ccc2oc(C(=O)OCC(=O)Nc3ccc(C(=O)NC)cc3)c(C)c2c1. The molecule has 3 rings (SSSR count). The largest absolute Gasteiger partial charge is 0.494 e. The number of anilines is 1. The highest BCUT2D eigenvalue weighted by molar-refractivity contribution is 5.99. The van der Waals surface area contributed by atoms with Crippen LogP contribution in [0.2, 0.25) is 0 Å². The first-order chi connectivity index (χ1) is 14.4. The summed E-state index contributed by atoms with van der Waals surface area (Å²) in [6, 6.07) is 11.6. The van der Waals surface area contributed by atoms with E-state index in [9.17, 15) is 14.4 Å². The highest BCUT2D eigenvalue weighted by Crippen LogP contribution is 2.29. The van der Waals surface area contributed by atoms with Gasteiger partial charge in [0.1, 0.15) is 11.3 Å². The maximum Gasteiger partial charge on any atom is 0.375 e. The van der Waals surface area contributed by atoms with Crippen LogP contribution in [0, 0.1) is 6.92 Å². The highest BCUT2D eigenvalue weighted by atomic mass is 16.5. The zero-order valence-corrected chi connectivity index (χ0v) is 16.9. The third-order valence-electron chi connectivity index (χ3n) is 4.40. The standard InChI is InChI=1S/C22H22N2O6/c1-4-28-16-9-10-18-17(11-16)13(2)20(30-18)22(27)29-12-19(25)24-15-7-5-14(6-8-15)21(26)23-3/h5-11H,4,12H2,1-3H3,(H,23,26)(H,24,25). The number of hydrogen-bond donors (Lipinski definition) is 2. The molecule has 0 saturated carbocycles. The maximum atomic E-state index is 12.4. The summed E-state index contributed by atoms with van der Waals surface area (Å²) in [4.78, 5) is 36.0. The molecular formula is C22H22N2O6. The molecule has 0 atom stereocenters. The lowest BCUT2D eigenvalue weighted by atomic mass is 10.1. The third kappa shape index (κ3) is 4.60. The normalized spacial score (nSPS) is 10.5. The second kappa shape index (κ2) is 9.13. The average Bonchev–Trinajstić information content (AvgIpc) is 3.08. The lowest BCUT2D eigenvalue weighted by molar-refractivity contribution is -0.119. The summed E-state index contributed by atoms with van der Waals surface area (Å²) >= 11 is 0. The smallest absolute Gasteiger partial charge is 0.375 e. The quantitative estimate of drug-likeness (QED) is 0.579. The Hall–Kier alpha value is -3.81. The van der Waals surface area contributed by atoms with Crippen LogP contribution in [0.25, 0.3) is 11.0 Å². The number of amides is 2. The van der Waals surface area contributed by atoms with Crippen molar-refractivity contribution in [3.63, 3.8) is 0 Å². The van der Waals surface area contributed by atoms with Crippen molar-refractivity contribution >= 4 is 34.4 Å². The molecule has 8 heteroatoms. The highest BCUT2D eigenvalue weighted by Gasteiger charge is 2.20. The van der Waals surface area contributed by atoms with E-state index in [1.165, 1.54) is 7.05 Å². The van der Waals surface area contributed by atoms with Gasteiger partial charge in [0.05, 0.1) is 6.61 Å². The van der Waals surface area contributed by atoms with Gasteiger partial charge >= 0.3 is 5.97 Å². The Bertz CT molecular complexity index is 1080. The number of benzene rings is 2. The van der Waals surface area contributed by atoms with E-state index in [0.29, 0.717) is 34.8 Å². The molecule has 8 nitrogen and oxygen atoms in total. The van der Waals surface area contributed by atoms with Crippen molar-refractivity contribution in [1.29, 1.82) is 0 Å². The zero-order chi connectivity index (χ0) is 21.7. The molecule has 0 bridgehead atoms. The van der Waals surface area contributed by atoms with Crippen LogP contribution in [0.1, 0.15) is 33.4 Å². The Labute approximate surface area is 173 Å². The van der Waals surface area contributed by atoms with Gasteiger partial charge in [0.15, 0.2) is 6.61 Å². The van der Waals surface area contributed by atoms with Crippen LogP contribution in [-0.4, -0.2) is 38.0 Å². The van der Waals surface area contributed by atoms with E-state index in [4.69, 9.17) is 13.9 Å². The summed E-state index contributed by atoms with van der Waals surface area (Å²) in [5, 5.41) is 5.86. The number of carbonyl (C=O) groups is 3. The summed E-state index contributed by atoms with van der Waals surface area (Å²) < 4.78 is 16.1. The van der Waals surface area contributed by atoms with Gasteiger partial charge in [-0.15, -0.1) is 0 Å². The van der Waals surface area contributed by atoms with E-state index in [-0.39, 0.29) is 11.7 Å². The van der Waals surface area contributed by atoms with Gasteiger partial charge in [0, 0.05) is 29.2 Å². The van der Waals surface area contributed by atoms with Crippen molar-refractivity contribution in [3.05, 3.63) is 59.4 Å².